The van der Waals surface area contributed by atoms with Crippen molar-refractivity contribution in [1.82, 2.24) is 4.90 Å². The molecular weight excluding hydrogens is 490 g/mol. The van der Waals surface area contributed by atoms with Crippen molar-refractivity contribution in [2.75, 3.05) is 6.54 Å². The molecular formula is C27H23ClF2N2O4. The van der Waals surface area contributed by atoms with Crippen molar-refractivity contribution in [2.24, 2.45) is 5.73 Å². The largest absolute Gasteiger partial charge is 0.508 e. The summed E-state index contributed by atoms with van der Waals surface area (Å²) in [7, 11) is 0. The second kappa shape index (κ2) is 10.5. The summed E-state index contributed by atoms with van der Waals surface area (Å²) >= 11 is 6.21. The molecule has 0 aromatic heterocycles. The molecule has 0 bridgehead atoms. The normalized spacial score (nSPS) is 17.2. The molecule has 9 heteroatoms. The summed E-state index contributed by atoms with van der Waals surface area (Å²) in [6, 6.07) is 14.1. The number of hydrogen-bond acceptors (Lipinski definition) is 4. The van der Waals surface area contributed by atoms with Gasteiger partial charge in [0.05, 0.1) is 19.0 Å². The van der Waals surface area contributed by atoms with Gasteiger partial charge >= 0.3 is 0 Å². The highest BCUT2D eigenvalue weighted by atomic mass is 35.5. The molecule has 0 radical (unpaired) electrons. The Bertz CT molecular complexity index is 1350. The van der Waals surface area contributed by atoms with Crippen molar-refractivity contribution >= 4 is 29.2 Å². The number of phenolic OH excluding ortho intramolecular Hbond substituents is 1. The van der Waals surface area contributed by atoms with Gasteiger partial charge in [0.1, 0.15) is 17.7 Å². The minimum Gasteiger partial charge on any atom is -0.508 e. The lowest BCUT2D eigenvalue weighted by atomic mass is 9.96. The molecule has 1 saturated heterocycles. The number of halogens is 3. The first kappa shape index (κ1) is 25.3. The first-order valence-corrected chi connectivity index (χ1v) is 11.6. The Balaban J connectivity index is 1.54. The number of alkyl halides is 1. The number of rotatable bonds is 7. The van der Waals surface area contributed by atoms with E-state index in [1.807, 2.05) is 0 Å². The Labute approximate surface area is 211 Å². The van der Waals surface area contributed by atoms with Gasteiger partial charge in [-0.15, -0.1) is 0 Å². The zero-order valence-corrected chi connectivity index (χ0v) is 19.8. The molecule has 0 unspecified atom stereocenters. The minimum absolute atomic E-state index is 0.0177. The maximum absolute atomic E-state index is 15.3. The molecule has 36 heavy (non-hydrogen) atoms. The third-order valence-corrected chi connectivity index (χ3v) is 6.50. The Morgan fingerprint density at radius 2 is 1.75 bits per heavy atom. The van der Waals surface area contributed by atoms with Gasteiger partial charge in [0, 0.05) is 34.6 Å². The fourth-order valence-corrected chi connectivity index (χ4v) is 4.71. The predicted molar refractivity (Wildman–Crippen MR) is 131 cm³/mol. The quantitative estimate of drug-likeness (QED) is 0.494. The van der Waals surface area contributed by atoms with Gasteiger partial charge in [0.15, 0.2) is 5.78 Å². The van der Waals surface area contributed by atoms with E-state index in [1.54, 1.807) is 36.4 Å². The summed E-state index contributed by atoms with van der Waals surface area (Å²) in [5.74, 6) is -2.68. The van der Waals surface area contributed by atoms with Crippen LogP contribution >= 0.6 is 11.6 Å². The average molecular weight is 513 g/mol. The standard InChI is InChI=1S/C27H23ClF2N2O4/c28-22-7-2-1-5-20(22)21-6-3-4-16(26(21)30)12-24(34)23-13-18(29)14-32(23)25(35)10-15-8-17(27(31)36)11-19(33)9-15/h1-9,11,18,23,33H,10,12-14H2,(H2,31,36)/t18-,23+/m1/s1. The molecule has 1 aliphatic rings. The van der Waals surface area contributed by atoms with Crippen molar-refractivity contribution in [3.63, 3.8) is 0 Å². The van der Waals surface area contributed by atoms with Crippen LogP contribution in [0.5, 0.6) is 5.75 Å². The van der Waals surface area contributed by atoms with E-state index in [0.717, 1.165) is 4.90 Å². The highest BCUT2D eigenvalue weighted by Gasteiger charge is 2.39. The monoisotopic (exact) mass is 512 g/mol. The number of primary amides is 1. The molecule has 3 aromatic carbocycles. The number of benzene rings is 3. The maximum atomic E-state index is 15.3. The Hall–Kier alpha value is -3.78. The van der Waals surface area contributed by atoms with Gasteiger partial charge in [0.25, 0.3) is 0 Å². The number of hydrogen-bond donors (Lipinski definition) is 2. The van der Waals surface area contributed by atoms with Crippen LogP contribution in [0.1, 0.15) is 27.9 Å². The van der Waals surface area contributed by atoms with Crippen LogP contribution in [-0.4, -0.2) is 46.4 Å². The lowest BCUT2D eigenvalue weighted by Crippen LogP contribution is -2.42. The topological polar surface area (TPSA) is 101 Å². The van der Waals surface area contributed by atoms with Crippen molar-refractivity contribution < 1.29 is 28.3 Å². The van der Waals surface area contributed by atoms with Gasteiger partial charge in [-0.1, -0.05) is 48.0 Å². The molecule has 3 N–H and O–H groups in total. The number of aromatic hydroxyl groups is 1. The Kier molecular flexibility index (Phi) is 7.35. The number of nitrogens with two attached hydrogens (primary N) is 1. The fraction of sp³-hybridized carbons (Fsp3) is 0.222. The van der Waals surface area contributed by atoms with E-state index in [0.29, 0.717) is 16.1 Å². The van der Waals surface area contributed by atoms with E-state index in [4.69, 9.17) is 17.3 Å². The molecule has 2 amide bonds. The predicted octanol–water partition coefficient (Wildman–Crippen LogP) is 4.24. The van der Waals surface area contributed by atoms with Crippen LogP contribution in [0.3, 0.4) is 0 Å². The van der Waals surface area contributed by atoms with E-state index in [9.17, 15) is 23.9 Å². The van der Waals surface area contributed by atoms with Crippen molar-refractivity contribution in [3.8, 4) is 16.9 Å². The van der Waals surface area contributed by atoms with Crippen LogP contribution in [-0.2, 0) is 22.4 Å². The van der Waals surface area contributed by atoms with Crippen LogP contribution in [0.4, 0.5) is 8.78 Å². The smallest absolute Gasteiger partial charge is 0.248 e. The highest BCUT2D eigenvalue weighted by molar-refractivity contribution is 6.33. The van der Waals surface area contributed by atoms with Gasteiger partial charge in [0.2, 0.25) is 11.8 Å². The van der Waals surface area contributed by atoms with Crippen molar-refractivity contribution in [1.29, 1.82) is 0 Å². The zero-order valence-electron chi connectivity index (χ0n) is 19.1. The lowest BCUT2D eigenvalue weighted by Gasteiger charge is -2.24. The van der Waals surface area contributed by atoms with E-state index < -0.39 is 35.6 Å². The summed E-state index contributed by atoms with van der Waals surface area (Å²) in [5.41, 5.74) is 6.39. The van der Waals surface area contributed by atoms with Crippen molar-refractivity contribution in [2.45, 2.75) is 31.5 Å². The van der Waals surface area contributed by atoms with E-state index >= 15 is 4.39 Å². The molecule has 186 valence electrons. The summed E-state index contributed by atoms with van der Waals surface area (Å²) in [4.78, 5) is 38.7. The van der Waals surface area contributed by atoms with E-state index in [1.165, 1.54) is 24.3 Å². The van der Waals surface area contributed by atoms with Gasteiger partial charge in [-0.25, -0.2) is 8.78 Å². The number of carbonyl (C=O) groups is 3. The van der Waals surface area contributed by atoms with Crippen LogP contribution in [0.15, 0.2) is 60.7 Å². The summed E-state index contributed by atoms with van der Waals surface area (Å²) in [5, 5.41) is 10.2. The van der Waals surface area contributed by atoms with Gasteiger partial charge in [-0.05, 0) is 35.4 Å². The van der Waals surface area contributed by atoms with Gasteiger partial charge in [-0.2, -0.15) is 0 Å². The first-order chi connectivity index (χ1) is 17.1. The maximum Gasteiger partial charge on any atom is 0.248 e. The molecule has 6 nitrogen and oxygen atoms in total. The summed E-state index contributed by atoms with van der Waals surface area (Å²) in [6.45, 7) is -0.279. The highest BCUT2D eigenvalue weighted by Crippen LogP contribution is 2.32. The molecule has 0 aliphatic carbocycles. The number of carbonyl (C=O) groups excluding carboxylic acids is 3. The molecule has 3 aromatic rings. The van der Waals surface area contributed by atoms with Crippen LogP contribution in [0.2, 0.25) is 5.02 Å². The second-order valence-corrected chi connectivity index (χ2v) is 9.13. The summed E-state index contributed by atoms with van der Waals surface area (Å²) < 4.78 is 29.6. The van der Waals surface area contributed by atoms with Crippen LogP contribution < -0.4 is 5.73 Å². The Morgan fingerprint density at radius 1 is 1.03 bits per heavy atom. The lowest BCUT2D eigenvalue weighted by molar-refractivity contribution is -0.136. The van der Waals surface area contributed by atoms with E-state index in [-0.39, 0.29) is 48.2 Å². The number of amides is 2. The number of ketones is 1. The first-order valence-electron chi connectivity index (χ1n) is 11.2. The van der Waals surface area contributed by atoms with Crippen LogP contribution in [0.25, 0.3) is 11.1 Å². The molecule has 4 rings (SSSR count). The SMILES string of the molecule is NC(=O)c1cc(O)cc(CC(=O)N2C[C@H](F)C[C@H]2C(=O)Cc2cccc(-c3ccccc3Cl)c2F)c1. The third-order valence-electron chi connectivity index (χ3n) is 6.17. The summed E-state index contributed by atoms with van der Waals surface area (Å²) in [6.07, 6.45) is -2.21. The van der Waals surface area contributed by atoms with Gasteiger partial charge in [-0.3, -0.25) is 14.4 Å². The minimum atomic E-state index is -1.41. The molecule has 0 saturated carbocycles. The molecule has 1 fully saturated rings. The zero-order chi connectivity index (χ0) is 26.0. The number of likely N-dealkylation sites (tertiary alicyclic amines) is 1. The molecule has 1 aliphatic heterocycles. The van der Waals surface area contributed by atoms with Crippen molar-refractivity contribution in [3.05, 3.63) is 88.2 Å². The molecule has 1 heterocycles. The van der Waals surface area contributed by atoms with Crippen LogP contribution in [0, 0.1) is 5.82 Å². The molecule has 0 spiro atoms. The number of phenols is 1. The number of Topliss-reactive ketones (excluding diaryl/α,β-unsaturated/α-hetero) is 1. The second-order valence-electron chi connectivity index (χ2n) is 8.73. The molecule has 2 atom stereocenters. The fourth-order valence-electron chi connectivity index (χ4n) is 4.47. The van der Waals surface area contributed by atoms with E-state index in [2.05, 4.69) is 0 Å². The third kappa shape index (κ3) is 5.39. The Morgan fingerprint density at radius 3 is 2.47 bits per heavy atom. The number of nitrogens with zero attached hydrogens (tertiary/aromatic N) is 1. The van der Waals surface area contributed by atoms with Gasteiger partial charge < -0.3 is 15.7 Å². The average Bonchev–Trinajstić information content (AvgIpc) is 3.22.